The van der Waals surface area contributed by atoms with Crippen LogP contribution in [0.3, 0.4) is 0 Å². The number of nitrogens with zero attached hydrogens (tertiary/aromatic N) is 4. The Balaban J connectivity index is 1.28. The maximum absolute atomic E-state index is 13.7. The molecule has 2 aromatic carbocycles. The van der Waals surface area contributed by atoms with Crippen molar-refractivity contribution >= 4 is 97.4 Å². The average Bonchev–Trinajstić information content (AvgIpc) is 3.70. The van der Waals surface area contributed by atoms with Gasteiger partial charge < -0.3 is 29.0 Å². The zero-order valence-electron chi connectivity index (χ0n) is 30.2. The van der Waals surface area contributed by atoms with E-state index in [9.17, 15) is 28.8 Å². The zero-order chi connectivity index (χ0) is 40.6. The summed E-state index contributed by atoms with van der Waals surface area (Å²) in [6.45, 7) is 10.6. The van der Waals surface area contributed by atoms with Crippen molar-refractivity contribution < 1.29 is 52.5 Å². The number of carbonyl (C=O) groups excluding carboxylic acids is 6. The number of guanidine groups is 1. The topological polar surface area (TPSA) is 202 Å². The van der Waals surface area contributed by atoms with E-state index in [0.29, 0.717) is 46.3 Å². The molecule has 0 aliphatic carbocycles. The molecule has 1 aliphatic heterocycles. The number of allylic oxidation sites excluding steroid dienone is 1. The highest BCUT2D eigenvalue weighted by atomic mass is 79.9. The summed E-state index contributed by atoms with van der Waals surface area (Å²) >= 11 is 16.0. The molecule has 0 bridgehead atoms. The summed E-state index contributed by atoms with van der Waals surface area (Å²) in [5, 5.41) is 2.83. The molecule has 0 fully saturated rings. The van der Waals surface area contributed by atoms with Crippen molar-refractivity contribution in [1.29, 1.82) is 0 Å². The van der Waals surface area contributed by atoms with E-state index >= 15 is 0 Å². The first-order valence-corrected chi connectivity index (χ1v) is 18.3. The molecule has 2 heterocycles. The second-order valence-corrected chi connectivity index (χ2v) is 13.4. The number of nitrogens with one attached hydrogen (secondary N) is 1. The first kappa shape index (κ1) is 42.6. The number of aliphatic imine (C=N–C) groups is 1. The Hall–Kier alpha value is -5.13. The SMILES string of the molecule is C=C(CC)C(=O)c1ccc(OCC(=O)O[C@@H](C)C(=O)O[C@@H](C)C(=O)O[C@@H](C)C(=O)O[C@@H](C)C(=O)N(C2=NCCN2)c2ccc3nccnc3c2Br)c(Cl)c1Cl. The van der Waals surface area contributed by atoms with Gasteiger partial charge in [0.1, 0.15) is 16.3 Å². The molecule has 0 unspecified atom stereocenters. The summed E-state index contributed by atoms with van der Waals surface area (Å²) in [5.41, 5.74) is 1.87. The van der Waals surface area contributed by atoms with Crippen LogP contribution in [0.1, 0.15) is 51.4 Å². The molecule has 55 heavy (non-hydrogen) atoms. The summed E-state index contributed by atoms with van der Waals surface area (Å²) in [5.74, 6) is -5.14. The van der Waals surface area contributed by atoms with Gasteiger partial charge >= 0.3 is 23.9 Å². The predicted molar refractivity (Wildman–Crippen MR) is 203 cm³/mol. The second-order valence-electron chi connectivity index (χ2n) is 11.8. The van der Waals surface area contributed by atoms with E-state index in [1.54, 1.807) is 19.1 Å². The predicted octanol–water partition coefficient (Wildman–Crippen LogP) is 4.95. The van der Waals surface area contributed by atoms with Gasteiger partial charge in [-0.1, -0.05) is 36.7 Å². The van der Waals surface area contributed by atoms with Gasteiger partial charge in [-0.05, 0) is 79.9 Å². The van der Waals surface area contributed by atoms with Gasteiger partial charge in [-0.25, -0.2) is 24.1 Å². The molecular formula is C36H36BrCl2N5O11. The Morgan fingerprint density at radius 1 is 0.855 bits per heavy atom. The normalized spacial score (nSPS) is 14.3. The van der Waals surface area contributed by atoms with Crippen LogP contribution in [0.4, 0.5) is 5.69 Å². The maximum atomic E-state index is 13.7. The van der Waals surface area contributed by atoms with Gasteiger partial charge in [0.2, 0.25) is 5.96 Å². The largest absolute Gasteiger partial charge is 0.480 e. The van der Waals surface area contributed by atoms with Crippen molar-refractivity contribution in [2.45, 2.75) is 65.5 Å². The molecule has 16 nitrogen and oxygen atoms in total. The highest BCUT2D eigenvalue weighted by molar-refractivity contribution is 9.10. The minimum Gasteiger partial charge on any atom is -0.480 e. The van der Waals surface area contributed by atoms with Gasteiger partial charge in [0, 0.05) is 24.5 Å². The third kappa shape index (κ3) is 10.3. The monoisotopic (exact) mass is 863 g/mol. The van der Waals surface area contributed by atoms with Crippen molar-refractivity contribution in [1.82, 2.24) is 15.3 Å². The van der Waals surface area contributed by atoms with Crippen molar-refractivity contribution in [3.63, 3.8) is 0 Å². The maximum Gasteiger partial charge on any atom is 0.347 e. The summed E-state index contributed by atoms with van der Waals surface area (Å²) in [6.07, 6.45) is -2.48. The number of amides is 1. The van der Waals surface area contributed by atoms with E-state index < -0.39 is 60.8 Å². The fraction of sp³-hybridized carbons (Fsp3) is 0.361. The molecule has 19 heteroatoms. The molecule has 0 radical (unpaired) electrons. The Morgan fingerprint density at radius 2 is 1.45 bits per heavy atom. The van der Waals surface area contributed by atoms with E-state index in [1.165, 1.54) is 57.1 Å². The number of fused-ring (bicyclic) bond motifs is 1. The van der Waals surface area contributed by atoms with Crippen LogP contribution in [-0.4, -0.2) is 95.6 Å². The summed E-state index contributed by atoms with van der Waals surface area (Å²) in [4.78, 5) is 90.9. The van der Waals surface area contributed by atoms with Crippen molar-refractivity contribution in [3.05, 3.63) is 68.9 Å². The van der Waals surface area contributed by atoms with Crippen LogP contribution in [0.25, 0.3) is 11.0 Å². The fourth-order valence-electron chi connectivity index (χ4n) is 4.76. The van der Waals surface area contributed by atoms with E-state index in [0.717, 1.165) is 0 Å². The third-order valence-electron chi connectivity index (χ3n) is 7.80. The smallest absolute Gasteiger partial charge is 0.347 e. The standard InChI is InChI=1S/C36H36BrCl2N5O11/c1-7-17(2)31(46)22-8-11-25(29(39)28(22)38)51-16-26(45)52-19(4)33(48)54-21(6)35(50)55-20(5)34(49)53-18(3)32(47)44(36-42-14-15-43-36)24-10-9-23-30(27(24)37)41-13-12-40-23/h8-13,18-21H,2,7,14-16H2,1,3-6H3,(H,42,43)/t18-,19-,20-,21-/m0/s1. The van der Waals surface area contributed by atoms with Crippen LogP contribution < -0.4 is 15.0 Å². The molecular weight excluding hydrogens is 829 g/mol. The molecule has 292 valence electrons. The number of aromatic nitrogens is 2. The molecule has 0 spiro atoms. The van der Waals surface area contributed by atoms with Crippen molar-refractivity contribution in [2.75, 3.05) is 24.6 Å². The Morgan fingerprint density at radius 3 is 2.05 bits per heavy atom. The lowest BCUT2D eigenvalue weighted by Gasteiger charge is -2.27. The fourth-order valence-corrected chi connectivity index (χ4v) is 5.84. The van der Waals surface area contributed by atoms with Gasteiger partial charge in [0.05, 0.1) is 27.2 Å². The van der Waals surface area contributed by atoms with Crippen LogP contribution in [0.2, 0.25) is 10.0 Å². The number of ketones is 1. The van der Waals surface area contributed by atoms with Crippen LogP contribution in [-0.2, 0) is 42.9 Å². The molecule has 4 atom stereocenters. The van der Waals surface area contributed by atoms with Crippen molar-refractivity contribution in [2.24, 2.45) is 4.99 Å². The van der Waals surface area contributed by atoms with Gasteiger partial charge in [-0.3, -0.25) is 24.5 Å². The number of carbonyl (C=O) groups is 6. The number of hydrogen-bond acceptors (Lipinski definition) is 15. The lowest BCUT2D eigenvalue weighted by atomic mass is 10.0. The van der Waals surface area contributed by atoms with E-state index in [-0.39, 0.29) is 33.1 Å². The van der Waals surface area contributed by atoms with E-state index in [1.807, 2.05) is 0 Å². The quantitative estimate of drug-likeness (QED) is 0.0931. The lowest BCUT2D eigenvalue weighted by molar-refractivity contribution is -0.183. The van der Waals surface area contributed by atoms with E-state index in [2.05, 4.69) is 42.8 Å². The van der Waals surface area contributed by atoms with Gasteiger partial charge in [0.25, 0.3) is 5.91 Å². The first-order chi connectivity index (χ1) is 26.0. The van der Waals surface area contributed by atoms with Gasteiger partial charge in [-0.15, -0.1) is 0 Å². The molecule has 4 rings (SSSR count). The highest BCUT2D eigenvalue weighted by Gasteiger charge is 2.34. The number of esters is 4. The lowest BCUT2D eigenvalue weighted by Crippen LogP contribution is -2.49. The Bertz CT molecular complexity index is 2060. The van der Waals surface area contributed by atoms with Crippen LogP contribution in [0.15, 0.2) is 58.3 Å². The van der Waals surface area contributed by atoms with Crippen LogP contribution in [0.5, 0.6) is 5.75 Å². The van der Waals surface area contributed by atoms with Crippen LogP contribution >= 0.6 is 39.1 Å². The van der Waals surface area contributed by atoms with Gasteiger partial charge in [-0.2, -0.15) is 0 Å². The summed E-state index contributed by atoms with van der Waals surface area (Å²) < 4.78 is 26.4. The highest BCUT2D eigenvalue weighted by Crippen LogP contribution is 2.36. The number of halogens is 3. The van der Waals surface area contributed by atoms with Gasteiger partial charge in [0.15, 0.2) is 36.8 Å². The molecule has 0 saturated heterocycles. The summed E-state index contributed by atoms with van der Waals surface area (Å²) in [6, 6.07) is 6.04. The Kier molecular flexibility index (Phi) is 14.7. The molecule has 3 aromatic rings. The number of rotatable bonds is 15. The first-order valence-electron chi connectivity index (χ1n) is 16.7. The number of anilines is 1. The van der Waals surface area contributed by atoms with Crippen LogP contribution in [0, 0.1) is 0 Å². The third-order valence-corrected chi connectivity index (χ3v) is 9.45. The molecule has 1 aromatic heterocycles. The number of ether oxygens (including phenoxy) is 5. The Labute approximate surface area is 333 Å². The molecule has 1 aliphatic rings. The minimum atomic E-state index is -1.54. The number of hydrogen-bond donors (Lipinski definition) is 1. The molecule has 1 N–H and O–H groups in total. The van der Waals surface area contributed by atoms with E-state index in [4.69, 9.17) is 46.9 Å². The second kappa shape index (κ2) is 19.0. The molecule has 1 amide bonds. The molecule has 0 saturated carbocycles. The average molecular weight is 866 g/mol. The number of Topliss-reactive ketones (excluding diaryl/α,β-unsaturated/α-hetero) is 1. The summed E-state index contributed by atoms with van der Waals surface area (Å²) in [7, 11) is 0. The number of benzene rings is 2. The van der Waals surface area contributed by atoms with Crippen molar-refractivity contribution in [3.8, 4) is 5.75 Å². The zero-order valence-corrected chi connectivity index (χ0v) is 33.3. The minimum absolute atomic E-state index is 0.0221.